The quantitative estimate of drug-likeness (QED) is 0.786. The number of hydrogen-bond donors (Lipinski definition) is 1. The minimum atomic E-state index is -0.866. The van der Waals surface area contributed by atoms with Crippen molar-refractivity contribution >= 4 is 34.4 Å². The number of benzene rings is 2. The Morgan fingerprint density at radius 3 is 3.00 bits per heavy atom. The van der Waals surface area contributed by atoms with Crippen molar-refractivity contribution in [2.45, 2.75) is 12.3 Å². The Kier molecular flexibility index (Phi) is 3.46. The summed E-state index contributed by atoms with van der Waals surface area (Å²) in [5, 5.41) is 9.61. The first-order valence-electron chi connectivity index (χ1n) is 7.63. The summed E-state index contributed by atoms with van der Waals surface area (Å²) in [5.74, 6) is -0.223. The Morgan fingerprint density at radius 2 is 2.21 bits per heavy atom. The zero-order valence-corrected chi connectivity index (χ0v) is 13.7. The van der Waals surface area contributed by atoms with Crippen LogP contribution in [0.25, 0.3) is 11.1 Å². The van der Waals surface area contributed by atoms with Crippen LogP contribution in [0.15, 0.2) is 40.8 Å². The average Bonchev–Trinajstić information content (AvgIpc) is 3.07. The molecule has 6 heteroatoms. The molecule has 3 aromatic rings. The molecule has 1 aliphatic rings. The molecule has 0 spiro atoms. The lowest BCUT2D eigenvalue weighted by atomic mass is 10.0. The maximum absolute atomic E-state index is 10.9. The average molecular weight is 343 g/mol. The van der Waals surface area contributed by atoms with Crippen LogP contribution in [0, 0.1) is 0 Å². The molecule has 0 amide bonds. The topological polar surface area (TPSA) is 66.6 Å². The zero-order chi connectivity index (χ0) is 16.8. The van der Waals surface area contributed by atoms with Gasteiger partial charge in [0.15, 0.2) is 5.58 Å². The smallest absolute Gasteiger partial charge is 0.307 e. The molecule has 4 rings (SSSR count). The lowest BCUT2D eigenvalue weighted by Gasteiger charge is -2.11. The van der Waals surface area contributed by atoms with Crippen molar-refractivity contribution in [1.82, 2.24) is 4.98 Å². The summed E-state index contributed by atoms with van der Waals surface area (Å²) in [6, 6.07) is 11.2. The summed E-state index contributed by atoms with van der Waals surface area (Å²) in [6.07, 6.45) is -0.0312. The van der Waals surface area contributed by atoms with E-state index >= 15 is 0 Å². The molecule has 0 fully saturated rings. The zero-order valence-electron chi connectivity index (χ0n) is 13.0. The molecule has 0 saturated carbocycles. The SMILES string of the molecule is CN1CC(c2nc3ccc(CC(=O)O)cc3o2)c2cc(Cl)ccc21. The van der Waals surface area contributed by atoms with E-state index in [4.69, 9.17) is 21.1 Å². The second-order valence-corrected chi connectivity index (χ2v) is 6.50. The third-order valence-electron chi connectivity index (χ3n) is 4.36. The van der Waals surface area contributed by atoms with Crippen molar-refractivity contribution in [2.24, 2.45) is 0 Å². The number of anilines is 1. The Hall–Kier alpha value is -2.53. The van der Waals surface area contributed by atoms with E-state index in [0.717, 1.165) is 23.3 Å². The monoisotopic (exact) mass is 342 g/mol. The lowest BCUT2D eigenvalue weighted by Crippen LogP contribution is -2.15. The predicted molar refractivity (Wildman–Crippen MR) is 91.9 cm³/mol. The highest BCUT2D eigenvalue weighted by Gasteiger charge is 2.31. The first kappa shape index (κ1) is 15.0. The summed E-state index contributed by atoms with van der Waals surface area (Å²) in [5.41, 5.74) is 4.27. The third kappa shape index (κ3) is 2.51. The number of halogens is 1. The van der Waals surface area contributed by atoms with Crippen molar-refractivity contribution in [1.29, 1.82) is 0 Å². The molecule has 2 aromatic carbocycles. The van der Waals surface area contributed by atoms with Gasteiger partial charge in [-0.3, -0.25) is 4.79 Å². The Bertz CT molecular complexity index is 951. The van der Waals surface area contributed by atoms with Gasteiger partial charge in [-0.25, -0.2) is 4.98 Å². The van der Waals surface area contributed by atoms with Crippen LogP contribution in [0.4, 0.5) is 5.69 Å². The van der Waals surface area contributed by atoms with Crippen molar-refractivity contribution in [3.8, 4) is 0 Å². The molecule has 24 heavy (non-hydrogen) atoms. The molecule has 1 aliphatic heterocycles. The molecular weight excluding hydrogens is 328 g/mol. The summed E-state index contributed by atoms with van der Waals surface area (Å²) in [4.78, 5) is 17.6. The first-order chi connectivity index (χ1) is 11.5. The predicted octanol–water partition coefficient (Wildman–Crippen LogP) is 3.69. The molecule has 0 bridgehead atoms. The van der Waals surface area contributed by atoms with Crippen molar-refractivity contribution in [3.05, 3.63) is 58.4 Å². The van der Waals surface area contributed by atoms with Crippen LogP contribution in [0.1, 0.15) is 22.9 Å². The van der Waals surface area contributed by atoms with Gasteiger partial charge in [0.1, 0.15) is 5.52 Å². The largest absolute Gasteiger partial charge is 0.481 e. The minimum absolute atomic E-state index is 0.0130. The molecule has 1 N–H and O–H groups in total. The highest BCUT2D eigenvalue weighted by Crippen LogP contribution is 2.41. The normalized spacial score (nSPS) is 16.6. The van der Waals surface area contributed by atoms with E-state index in [1.165, 1.54) is 0 Å². The van der Waals surface area contributed by atoms with Gasteiger partial charge in [-0.05, 0) is 41.5 Å². The van der Waals surface area contributed by atoms with Gasteiger partial charge in [0.2, 0.25) is 5.89 Å². The van der Waals surface area contributed by atoms with Gasteiger partial charge in [-0.2, -0.15) is 0 Å². The highest BCUT2D eigenvalue weighted by atomic mass is 35.5. The molecular formula is C18H15ClN2O3. The number of carbonyl (C=O) groups is 1. The van der Waals surface area contributed by atoms with Gasteiger partial charge >= 0.3 is 5.97 Å². The number of fused-ring (bicyclic) bond motifs is 2. The van der Waals surface area contributed by atoms with Crippen LogP contribution in [-0.2, 0) is 11.2 Å². The maximum Gasteiger partial charge on any atom is 0.307 e. The van der Waals surface area contributed by atoms with E-state index in [1.54, 1.807) is 18.2 Å². The van der Waals surface area contributed by atoms with E-state index in [0.29, 0.717) is 22.1 Å². The fourth-order valence-electron chi connectivity index (χ4n) is 3.25. The van der Waals surface area contributed by atoms with Gasteiger partial charge in [0.25, 0.3) is 0 Å². The van der Waals surface area contributed by atoms with Gasteiger partial charge in [-0.15, -0.1) is 0 Å². The van der Waals surface area contributed by atoms with Gasteiger partial charge < -0.3 is 14.4 Å². The number of carboxylic acid groups (broad SMARTS) is 1. The van der Waals surface area contributed by atoms with Gasteiger partial charge in [0, 0.05) is 24.3 Å². The van der Waals surface area contributed by atoms with Crippen molar-refractivity contribution in [2.75, 3.05) is 18.5 Å². The van der Waals surface area contributed by atoms with Crippen LogP contribution < -0.4 is 4.90 Å². The number of aliphatic carboxylic acids is 1. The lowest BCUT2D eigenvalue weighted by molar-refractivity contribution is -0.136. The molecule has 1 unspecified atom stereocenters. The number of carboxylic acids is 1. The van der Waals surface area contributed by atoms with Crippen LogP contribution in [0.2, 0.25) is 5.02 Å². The van der Waals surface area contributed by atoms with E-state index in [2.05, 4.69) is 9.88 Å². The van der Waals surface area contributed by atoms with Crippen LogP contribution in [-0.4, -0.2) is 29.7 Å². The van der Waals surface area contributed by atoms with Crippen LogP contribution in [0.3, 0.4) is 0 Å². The molecule has 122 valence electrons. The second kappa shape index (κ2) is 5.53. The van der Waals surface area contributed by atoms with E-state index < -0.39 is 5.97 Å². The van der Waals surface area contributed by atoms with E-state index in [1.807, 2.05) is 25.2 Å². The van der Waals surface area contributed by atoms with Gasteiger partial charge in [-0.1, -0.05) is 17.7 Å². The third-order valence-corrected chi connectivity index (χ3v) is 4.59. The van der Waals surface area contributed by atoms with Crippen LogP contribution >= 0.6 is 11.6 Å². The number of nitrogens with zero attached hydrogens (tertiary/aromatic N) is 2. The molecule has 2 heterocycles. The number of hydrogen-bond acceptors (Lipinski definition) is 4. The Morgan fingerprint density at radius 1 is 1.38 bits per heavy atom. The molecule has 1 atom stereocenters. The van der Waals surface area contributed by atoms with Crippen LogP contribution in [0.5, 0.6) is 0 Å². The summed E-state index contributed by atoms with van der Waals surface area (Å²) >= 11 is 6.15. The fourth-order valence-corrected chi connectivity index (χ4v) is 3.43. The van der Waals surface area contributed by atoms with Crippen molar-refractivity contribution in [3.63, 3.8) is 0 Å². The fraction of sp³-hybridized carbons (Fsp3) is 0.222. The number of aromatic nitrogens is 1. The standard InChI is InChI=1S/C18H15ClN2O3/c1-21-9-13(12-8-11(19)3-5-15(12)21)18-20-14-4-2-10(7-17(22)23)6-16(14)24-18/h2-6,8,13H,7,9H2,1H3,(H,22,23). The number of likely N-dealkylation sites (N-methyl/N-ethyl adjacent to an activating group) is 1. The minimum Gasteiger partial charge on any atom is -0.481 e. The molecule has 5 nitrogen and oxygen atoms in total. The second-order valence-electron chi connectivity index (χ2n) is 6.06. The maximum atomic E-state index is 10.9. The van der Waals surface area contributed by atoms with Crippen molar-refractivity contribution < 1.29 is 14.3 Å². The summed E-state index contributed by atoms with van der Waals surface area (Å²) in [7, 11) is 2.03. The number of rotatable bonds is 3. The van der Waals surface area contributed by atoms with Gasteiger partial charge in [0.05, 0.1) is 12.3 Å². The number of oxazole rings is 1. The molecule has 0 aliphatic carbocycles. The Balaban J connectivity index is 1.75. The molecule has 1 aromatic heterocycles. The summed E-state index contributed by atoms with van der Waals surface area (Å²) < 4.78 is 5.95. The van der Waals surface area contributed by atoms with E-state index in [9.17, 15) is 4.79 Å². The molecule has 0 saturated heterocycles. The first-order valence-corrected chi connectivity index (χ1v) is 8.01. The summed E-state index contributed by atoms with van der Waals surface area (Å²) in [6.45, 7) is 0.768. The molecule has 0 radical (unpaired) electrons. The highest BCUT2D eigenvalue weighted by molar-refractivity contribution is 6.30. The Labute approximate surface area is 143 Å². The van der Waals surface area contributed by atoms with E-state index in [-0.39, 0.29) is 12.3 Å².